The molecule has 0 spiro atoms. The number of hydrogen-bond acceptors (Lipinski definition) is 13. The molecule has 0 radical (unpaired) electrons. The lowest BCUT2D eigenvalue weighted by atomic mass is 10.2. The van der Waals surface area contributed by atoms with E-state index in [0.717, 1.165) is 4.90 Å². The number of carbonyl (C=O) groups is 7. The highest BCUT2D eigenvalue weighted by Crippen LogP contribution is 2.16. The molecule has 16 nitrogen and oxygen atoms in total. The van der Waals surface area contributed by atoms with Crippen LogP contribution in [0.4, 0.5) is 11.4 Å². The fourth-order valence-electron chi connectivity index (χ4n) is 3.45. The van der Waals surface area contributed by atoms with Crippen LogP contribution in [0.3, 0.4) is 0 Å². The molecule has 0 saturated carbocycles. The van der Waals surface area contributed by atoms with Crippen molar-refractivity contribution < 1.29 is 67.8 Å². The van der Waals surface area contributed by atoms with E-state index >= 15 is 0 Å². The molecule has 0 fully saturated rings. The van der Waals surface area contributed by atoms with Gasteiger partial charge < -0.3 is 44.1 Å². The minimum Gasteiger partial charge on any atom is -0.480 e. The number of carbonyl (C=O) groups excluding carboxylic acids is 4. The number of aliphatic carboxylic acids is 3. The molecule has 0 atom stereocenters. The van der Waals surface area contributed by atoms with Crippen LogP contribution in [-0.4, -0.2) is 110 Å². The summed E-state index contributed by atoms with van der Waals surface area (Å²) in [6.07, 6.45) is 0.106. The molecule has 44 heavy (non-hydrogen) atoms. The van der Waals surface area contributed by atoms with Gasteiger partial charge >= 0.3 is 41.8 Å². The van der Waals surface area contributed by atoms with Gasteiger partial charge in [0.15, 0.2) is 13.2 Å². The fraction of sp³-hybridized carbons (Fsp3) is 0.321. The molecule has 0 aliphatic heterocycles. The Morgan fingerprint density at radius 1 is 0.568 bits per heavy atom. The van der Waals surface area contributed by atoms with Crippen LogP contribution < -0.4 is 9.80 Å². The van der Waals surface area contributed by atoms with Crippen LogP contribution in [-0.2, 0) is 42.9 Å². The summed E-state index contributed by atoms with van der Waals surface area (Å²) in [4.78, 5) is 83.2. The van der Waals surface area contributed by atoms with E-state index in [4.69, 9.17) is 34.3 Å². The zero-order chi connectivity index (χ0) is 32.6. The van der Waals surface area contributed by atoms with E-state index in [1.807, 2.05) is 0 Å². The van der Waals surface area contributed by atoms with Gasteiger partial charge in [-0.25, -0.2) is 19.2 Å². The van der Waals surface area contributed by atoms with Crippen molar-refractivity contribution in [2.45, 2.75) is 6.42 Å². The average molecular weight is 619 g/mol. The van der Waals surface area contributed by atoms with Crippen molar-refractivity contribution in [3.8, 4) is 0 Å². The molecule has 16 heteroatoms. The lowest BCUT2D eigenvalue weighted by molar-refractivity contribution is -0.150. The second kappa shape index (κ2) is 17.3. The van der Waals surface area contributed by atoms with E-state index in [-0.39, 0.29) is 43.0 Å². The predicted octanol–water partition coefficient (Wildman–Crippen LogP) is 0.673. The number of ether oxygens (including phenoxy) is 4. The predicted molar refractivity (Wildman–Crippen MR) is 148 cm³/mol. The van der Waals surface area contributed by atoms with Crippen molar-refractivity contribution in [3.05, 3.63) is 59.7 Å². The topological polar surface area (TPSA) is 224 Å². The molecule has 0 saturated heterocycles. The van der Waals surface area contributed by atoms with Crippen LogP contribution >= 0.6 is 0 Å². The van der Waals surface area contributed by atoms with Gasteiger partial charge in [-0.2, -0.15) is 0 Å². The Morgan fingerprint density at radius 3 is 1.34 bits per heavy atom. The highest BCUT2D eigenvalue weighted by Gasteiger charge is 2.17. The maximum atomic E-state index is 12.2. The third-order valence-corrected chi connectivity index (χ3v) is 5.49. The molecule has 236 valence electrons. The van der Waals surface area contributed by atoms with Gasteiger partial charge in [0.1, 0.15) is 19.6 Å². The van der Waals surface area contributed by atoms with Gasteiger partial charge in [-0.1, -0.05) is 0 Å². The van der Waals surface area contributed by atoms with E-state index in [9.17, 15) is 33.6 Å². The second-order valence-corrected chi connectivity index (χ2v) is 8.93. The maximum absolute atomic E-state index is 12.2. The number of benzene rings is 2. The van der Waals surface area contributed by atoms with Gasteiger partial charge in [0, 0.05) is 24.8 Å². The number of esters is 4. The van der Waals surface area contributed by atoms with Crippen LogP contribution in [0.25, 0.3) is 0 Å². The van der Waals surface area contributed by atoms with Crippen LogP contribution in [0, 0.1) is 0 Å². The lowest BCUT2D eigenvalue weighted by Crippen LogP contribution is -2.34. The Bertz CT molecular complexity index is 1330. The van der Waals surface area contributed by atoms with Crippen LogP contribution in [0.1, 0.15) is 27.1 Å². The van der Waals surface area contributed by atoms with E-state index in [0.29, 0.717) is 5.69 Å². The van der Waals surface area contributed by atoms with Gasteiger partial charge in [-0.15, -0.1) is 0 Å². The van der Waals surface area contributed by atoms with Crippen molar-refractivity contribution in [3.63, 3.8) is 0 Å². The number of carboxylic acids is 3. The molecule has 2 aromatic rings. The summed E-state index contributed by atoms with van der Waals surface area (Å²) < 4.78 is 19.5. The molecule has 0 aromatic heterocycles. The van der Waals surface area contributed by atoms with Crippen LogP contribution in [0.15, 0.2) is 48.5 Å². The van der Waals surface area contributed by atoms with E-state index in [2.05, 4.69) is 0 Å². The molecule has 2 aromatic carbocycles. The van der Waals surface area contributed by atoms with Crippen molar-refractivity contribution in [1.29, 1.82) is 0 Å². The Morgan fingerprint density at radius 2 is 0.955 bits per heavy atom. The first-order chi connectivity index (χ1) is 20.8. The first-order valence-electron chi connectivity index (χ1n) is 12.8. The number of hydrogen-bond donors (Lipinski definition) is 3. The monoisotopic (exact) mass is 618 g/mol. The highest BCUT2D eigenvalue weighted by atomic mass is 16.6. The van der Waals surface area contributed by atoms with Gasteiger partial charge in [0.25, 0.3) is 0 Å². The summed E-state index contributed by atoms with van der Waals surface area (Å²) in [5.41, 5.74) is 0.989. The molecule has 0 unspecified atom stereocenters. The smallest absolute Gasteiger partial charge is 0.344 e. The number of anilines is 2. The molecule has 2 rings (SSSR count). The summed E-state index contributed by atoms with van der Waals surface area (Å²) in [5, 5.41) is 26.7. The number of likely N-dealkylation sites (N-methyl/N-ethyl adjacent to an activating group) is 1. The van der Waals surface area contributed by atoms with Crippen molar-refractivity contribution >= 4 is 53.2 Å². The fourth-order valence-corrected chi connectivity index (χ4v) is 3.45. The summed E-state index contributed by atoms with van der Waals surface area (Å²) in [5.74, 6) is -6.86. The van der Waals surface area contributed by atoms with Crippen LogP contribution in [0.5, 0.6) is 0 Å². The van der Waals surface area contributed by atoms with Crippen LogP contribution in [0.2, 0.25) is 0 Å². The Labute approximate surface area is 250 Å². The zero-order valence-electron chi connectivity index (χ0n) is 23.5. The third kappa shape index (κ3) is 12.5. The first kappa shape index (κ1) is 34.5. The molecule has 0 heterocycles. The second-order valence-electron chi connectivity index (χ2n) is 8.93. The normalized spacial score (nSPS) is 10.2. The number of nitrogens with zero attached hydrogens (tertiary/aromatic N) is 2. The third-order valence-electron chi connectivity index (χ3n) is 5.49. The quantitative estimate of drug-likeness (QED) is 0.119. The van der Waals surface area contributed by atoms with Crippen molar-refractivity contribution in [1.82, 2.24) is 0 Å². The summed E-state index contributed by atoms with van der Waals surface area (Å²) in [6, 6.07) is 11.1. The zero-order valence-corrected chi connectivity index (χ0v) is 23.5. The minimum atomic E-state index is -1.24. The molecule has 0 aliphatic carbocycles. The van der Waals surface area contributed by atoms with Gasteiger partial charge in [-0.3, -0.25) is 14.4 Å². The van der Waals surface area contributed by atoms with Crippen molar-refractivity contribution in [2.24, 2.45) is 0 Å². The van der Waals surface area contributed by atoms with Gasteiger partial charge in [0.05, 0.1) is 24.3 Å². The Balaban J connectivity index is 1.64. The molecular formula is C28H30N2O14. The first-order valence-corrected chi connectivity index (χ1v) is 12.8. The highest BCUT2D eigenvalue weighted by molar-refractivity contribution is 5.92. The molecule has 3 N–H and O–H groups in total. The maximum Gasteiger partial charge on any atom is 0.344 e. The molecule has 0 amide bonds. The van der Waals surface area contributed by atoms with Crippen molar-refractivity contribution in [2.75, 3.05) is 62.9 Å². The summed E-state index contributed by atoms with van der Waals surface area (Å²) in [7, 11) is 1.57. The number of rotatable bonds is 18. The number of carboxylic acid groups (broad SMARTS) is 3. The molecule has 0 bridgehead atoms. The van der Waals surface area contributed by atoms with E-state index in [1.54, 1.807) is 7.05 Å². The summed E-state index contributed by atoms with van der Waals surface area (Å²) >= 11 is 0. The minimum absolute atomic E-state index is 0.0279. The van der Waals surface area contributed by atoms with Gasteiger partial charge in [-0.05, 0) is 48.5 Å². The SMILES string of the molecule is CN(CC(=O)O)c1ccc(C(=O)OCC(=O)OCCCOC(=O)COC(=O)c2ccc(N(CC(=O)O)CC(=O)O)cc2)cc1. The lowest BCUT2D eigenvalue weighted by Gasteiger charge is -2.20. The van der Waals surface area contributed by atoms with Gasteiger partial charge in [0.2, 0.25) is 0 Å². The summed E-state index contributed by atoms with van der Waals surface area (Å²) in [6.45, 7) is -3.05. The Kier molecular flexibility index (Phi) is 13.6. The molecule has 0 aliphatic rings. The standard InChI is InChI=1S/C28H30N2O14/c1-29(13-22(31)32)20-7-3-18(4-8-20)27(39)43-16-25(37)41-11-2-12-42-26(38)17-44-28(40)19-5-9-21(10-6-19)30(14-23(33)34)15-24(35)36/h3-10H,2,11-17H2,1H3,(H,31,32)(H,33,34)(H,35,36). The largest absolute Gasteiger partial charge is 0.480 e. The van der Waals surface area contributed by atoms with E-state index in [1.165, 1.54) is 53.4 Å². The van der Waals surface area contributed by atoms with E-state index < -0.39 is 68.1 Å². The molecular weight excluding hydrogens is 588 g/mol. The average Bonchev–Trinajstić information content (AvgIpc) is 2.97. The Hall–Kier alpha value is -5.67.